The van der Waals surface area contributed by atoms with Gasteiger partial charge in [-0.05, 0) is 19.8 Å². The number of nitrogens with zero attached hydrogens (tertiary/aromatic N) is 2. The van der Waals surface area contributed by atoms with Crippen molar-refractivity contribution in [2.24, 2.45) is 5.41 Å². The van der Waals surface area contributed by atoms with E-state index in [1.54, 1.807) is 20.8 Å². The quantitative estimate of drug-likeness (QED) is 0.805. The second-order valence-electron chi connectivity index (χ2n) is 4.86. The Morgan fingerprint density at radius 1 is 1.28 bits per heavy atom. The Balaban J connectivity index is 2.77. The van der Waals surface area contributed by atoms with Crippen LogP contribution in [0.1, 0.15) is 33.6 Å². The summed E-state index contributed by atoms with van der Waals surface area (Å²) in [6.45, 7) is 6.70. The summed E-state index contributed by atoms with van der Waals surface area (Å²) in [6, 6.07) is 0. The van der Waals surface area contributed by atoms with Gasteiger partial charge < -0.3 is 5.11 Å². The van der Waals surface area contributed by atoms with Gasteiger partial charge in [0.15, 0.2) is 0 Å². The average Bonchev–Trinajstić information content (AvgIpc) is 2.30. The first kappa shape index (κ1) is 15.4. The van der Waals surface area contributed by atoms with Crippen molar-refractivity contribution < 1.29 is 18.3 Å². The normalized spacial score (nSPS) is 21.1. The number of carboxylic acids is 1. The molecule has 1 fully saturated rings. The van der Waals surface area contributed by atoms with Crippen LogP contribution in [0, 0.1) is 5.41 Å². The van der Waals surface area contributed by atoms with Crippen molar-refractivity contribution in [1.82, 2.24) is 8.61 Å². The minimum atomic E-state index is -3.43. The molecule has 1 aliphatic heterocycles. The molecule has 7 heteroatoms. The molecule has 0 saturated carbocycles. The van der Waals surface area contributed by atoms with E-state index in [4.69, 9.17) is 5.11 Å². The van der Waals surface area contributed by atoms with Gasteiger partial charge in [-0.3, -0.25) is 4.79 Å². The molecular weight excluding hydrogens is 256 g/mol. The van der Waals surface area contributed by atoms with Crippen LogP contribution in [0.4, 0.5) is 0 Å². The fraction of sp³-hybridized carbons (Fsp3) is 0.909. The lowest BCUT2D eigenvalue weighted by Crippen LogP contribution is -2.50. The van der Waals surface area contributed by atoms with Gasteiger partial charge in [0.05, 0.1) is 5.41 Å². The summed E-state index contributed by atoms with van der Waals surface area (Å²) in [5.41, 5.74) is -0.796. The molecule has 0 amide bonds. The van der Waals surface area contributed by atoms with Gasteiger partial charge in [-0.15, -0.1) is 0 Å². The van der Waals surface area contributed by atoms with Crippen LogP contribution in [0.5, 0.6) is 0 Å². The number of piperidine rings is 1. The summed E-state index contributed by atoms with van der Waals surface area (Å²) < 4.78 is 27.3. The highest BCUT2D eigenvalue weighted by molar-refractivity contribution is 7.86. The fourth-order valence-corrected chi connectivity index (χ4v) is 3.76. The lowest BCUT2D eigenvalue weighted by Gasteiger charge is -2.37. The lowest BCUT2D eigenvalue weighted by atomic mass is 9.81. The first-order chi connectivity index (χ1) is 8.28. The molecule has 0 unspecified atom stereocenters. The van der Waals surface area contributed by atoms with E-state index in [-0.39, 0.29) is 13.1 Å². The van der Waals surface area contributed by atoms with E-state index in [0.29, 0.717) is 25.9 Å². The molecule has 0 aromatic heterocycles. The summed E-state index contributed by atoms with van der Waals surface area (Å²) in [7, 11) is -3.43. The minimum Gasteiger partial charge on any atom is -0.481 e. The van der Waals surface area contributed by atoms with Gasteiger partial charge in [0.1, 0.15) is 0 Å². The van der Waals surface area contributed by atoms with Gasteiger partial charge in [0.2, 0.25) is 0 Å². The second-order valence-corrected chi connectivity index (χ2v) is 6.79. The highest BCUT2D eigenvalue weighted by Crippen LogP contribution is 2.32. The topological polar surface area (TPSA) is 77.9 Å². The van der Waals surface area contributed by atoms with Crippen LogP contribution in [0.2, 0.25) is 0 Å². The maximum atomic E-state index is 12.2. The van der Waals surface area contributed by atoms with Crippen LogP contribution < -0.4 is 0 Å². The summed E-state index contributed by atoms with van der Waals surface area (Å²) in [4.78, 5) is 11.1. The zero-order valence-electron chi connectivity index (χ0n) is 11.2. The van der Waals surface area contributed by atoms with Crippen molar-refractivity contribution in [2.75, 3.05) is 26.2 Å². The number of carbonyl (C=O) groups is 1. The summed E-state index contributed by atoms with van der Waals surface area (Å²) in [5.74, 6) is -0.845. The highest BCUT2D eigenvalue weighted by atomic mass is 32.2. The maximum Gasteiger partial charge on any atom is 0.309 e. The van der Waals surface area contributed by atoms with Gasteiger partial charge >= 0.3 is 5.97 Å². The number of hydrogen-bond donors (Lipinski definition) is 1. The van der Waals surface area contributed by atoms with E-state index < -0.39 is 21.6 Å². The van der Waals surface area contributed by atoms with E-state index in [1.165, 1.54) is 8.61 Å². The third-order valence-corrected chi connectivity index (χ3v) is 5.89. The number of carboxylic acid groups (broad SMARTS) is 1. The molecule has 0 spiro atoms. The van der Waals surface area contributed by atoms with E-state index in [0.717, 1.165) is 0 Å². The predicted octanol–water partition coefficient (Wildman–Crippen LogP) is 0.760. The van der Waals surface area contributed by atoms with Crippen molar-refractivity contribution >= 4 is 16.2 Å². The molecule has 0 aliphatic carbocycles. The fourth-order valence-electron chi connectivity index (χ4n) is 2.14. The standard InChI is InChI=1S/C11H22N2O4S/c1-4-12(5-2)18(16,17)13-8-6-11(3,7-9-13)10(14)15/h4-9H2,1-3H3,(H,14,15). The first-order valence-electron chi connectivity index (χ1n) is 6.26. The van der Waals surface area contributed by atoms with Crippen LogP contribution in [0.25, 0.3) is 0 Å². The van der Waals surface area contributed by atoms with Gasteiger partial charge in [-0.2, -0.15) is 17.0 Å². The largest absolute Gasteiger partial charge is 0.481 e. The Morgan fingerprint density at radius 3 is 2.06 bits per heavy atom. The molecule has 6 nitrogen and oxygen atoms in total. The zero-order valence-corrected chi connectivity index (χ0v) is 12.0. The maximum absolute atomic E-state index is 12.2. The van der Waals surface area contributed by atoms with E-state index in [2.05, 4.69) is 0 Å². The molecule has 1 rings (SSSR count). The van der Waals surface area contributed by atoms with E-state index in [1.807, 2.05) is 0 Å². The van der Waals surface area contributed by atoms with Crippen molar-refractivity contribution in [3.05, 3.63) is 0 Å². The lowest BCUT2D eigenvalue weighted by molar-refractivity contribution is -0.150. The van der Waals surface area contributed by atoms with Crippen LogP contribution in [0.3, 0.4) is 0 Å². The predicted molar refractivity (Wildman–Crippen MR) is 68.4 cm³/mol. The van der Waals surface area contributed by atoms with E-state index >= 15 is 0 Å². The monoisotopic (exact) mass is 278 g/mol. The summed E-state index contributed by atoms with van der Waals surface area (Å²) >= 11 is 0. The summed E-state index contributed by atoms with van der Waals surface area (Å²) in [6.07, 6.45) is 0.728. The molecule has 0 bridgehead atoms. The molecule has 106 valence electrons. The molecule has 0 atom stereocenters. The number of aliphatic carboxylic acids is 1. The number of rotatable bonds is 5. The van der Waals surface area contributed by atoms with Gasteiger partial charge in [-0.1, -0.05) is 13.8 Å². The van der Waals surface area contributed by atoms with E-state index in [9.17, 15) is 13.2 Å². The van der Waals surface area contributed by atoms with Crippen LogP contribution >= 0.6 is 0 Å². The van der Waals surface area contributed by atoms with Crippen molar-refractivity contribution in [3.8, 4) is 0 Å². The molecule has 1 heterocycles. The van der Waals surface area contributed by atoms with Crippen molar-refractivity contribution in [3.63, 3.8) is 0 Å². The van der Waals surface area contributed by atoms with Crippen LogP contribution in [-0.2, 0) is 15.0 Å². The average molecular weight is 278 g/mol. The first-order valence-corrected chi connectivity index (χ1v) is 7.66. The number of hydrogen-bond acceptors (Lipinski definition) is 3. The summed E-state index contributed by atoms with van der Waals surface area (Å²) in [5, 5.41) is 9.11. The Kier molecular flexibility index (Phi) is 4.74. The Bertz CT molecular complexity index is 395. The van der Waals surface area contributed by atoms with Gasteiger partial charge in [0, 0.05) is 26.2 Å². The third-order valence-electron chi connectivity index (χ3n) is 3.70. The Morgan fingerprint density at radius 2 is 1.72 bits per heavy atom. The van der Waals surface area contributed by atoms with Crippen molar-refractivity contribution in [1.29, 1.82) is 0 Å². The molecular formula is C11H22N2O4S. The third kappa shape index (κ3) is 2.84. The second kappa shape index (κ2) is 5.54. The molecule has 1 N–H and O–H groups in total. The van der Waals surface area contributed by atoms with Crippen molar-refractivity contribution in [2.45, 2.75) is 33.6 Å². The molecule has 0 aromatic carbocycles. The molecule has 18 heavy (non-hydrogen) atoms. The molecule has 1 aliphatic rings. The van der Waals surface area contributed by atoms with Crippen LogP contribution in [0.15, 0.2) is 0 Å². The SMILES string of the molecule is CCN(CC)S(=O)(=O)N1CCC(C)(C(=O)O)CC1. The van der Waals surface area contributed by atoms with Crippen LogP contribution in [-0.4, -0.2) is 54.3 Å². The Hall–Kier alpha value is -0.660. The minimum absolute atomic E-state index is 0.279. The Labute approximate surface area is 109 Å². The highest BCUT2D eigenvalue weighted by Gasteiger charge is 2.40. The van der Waals surface area contributed by atoms with Gasteiger partial charge in [0.25, 0.3) is 10.2 Å². The molecule has 1 saturated heterocycles. The van der Waals surface area contributed by atoms with Gasteiger partial charge in [-0.25, -0.2) is 0 Å². The molecule has 0 aromatic rings. The zero-order chi connectivity index (χ0) is 14.0. The molecule has 0 radical (unpaired) electrons. The smallest absolute Gasteiger partial charge is 0.309 e.